The van der Waals surface area contributed by atoms with E-state index in [0.29, 0.717) is 0 Å². The van der Waals surface area contributed by atoms with E-state index in [-0.39, 0.29) is 0 Å². The highest BCUT2D eigenvalue weighted by molar-refractivity contribution is 5.91. The van der Waals surface area contributed by atoms with Crippen LogP contribution in [0.15, 0.2) is 194 Å². The molecular formula is C50H43N3. The second-order valence-corrected chi connectivity index (χ2v) is 12.9. The summed E-state index contributed by atoms with van der Waals surface area (Å²) in [5, 5.41) is 1.36. The fourth-order valence-electron chi connectivity index (χ4n) is 7.45. The van der Waals surface area contributed by atoms with Crippen molar-refractivity contribution in [3.05, 3.63) is 205 Å². The summed E-state index contributed by atoms with van der Waals surface area (Å²) in [4.78, 5) is 4.61. The van der Waals surface area contributed by atoms with E-state index < -0.39 is 0 Å². The van der Waals surface area contributed by atoms with Crippen LogP contribution in [0.1, 0.15) is 31.5 Å². The van der Waals surface area contributed by atoms with Crippen molar-refractivity contribution >= 4 is 51.1 Å². The molecule has 0 spiro atoms. The third-order valence-corrected chi connectivity index (χ3v) is 9.85. The zero-order chi connectivity index (χ0) is 36.0. The first-order valence-corrected chi connectivity index (χ1v) is 18.7. The summed E-state index contributed by atoms with van der Waals surface area (Å²) < 4.78 is 2.41. The number of hydrogen-bond donors (Lipinski definition) is 0. The molecule has 3 heteroatoms. The zero-order valence-electron chi connectivity index (χ0n) is 30.3. The van der Waals surface area contributed by atoms with Crippen LogP contribution in [0.4, 0.5) is 34.1 Å². The number of hydrogen-bond acceptors (Lipinski definition) is 2. The van der Waals surface area contributed by atoms with Crippen LogP contribution in [0, 0.1) is 0 Å². The Labute approximate surface area is 313 Å². The lowest BCUT2D eigenvalue weighted by Gasteiger charge is -2.28. The Balaban J connectivity index is 0.00000197. The number of anilines is 6. The molecule has 258 valence electrons. The molecule has 0 radical (unpaired) electrons. The van der Waals surface area contributed by atoms with Gasteiger partial charge < -0.3 is 14.4 Å². The van der Waals surface area contributed by atoms with Gasteiger partial charge in [0.15, 0.2) is 0 Å². The standard InChI is InChI=1S/C48H37N3.C2H6/c1-4-14-38(15-5-1)49(39-16-6-2-7-17-39)42-32-34-43(35-33-42)50(40-18-8-3-9-19-40)41-28-24-36(25-29-41)37-26-30-44(31-27-37)51-47-22-12-10-20-45(47)46-21-11-13-23-48(46)51;1-2/h1-10,12-20,22-35H,11,21H2;1-2H3. The lowest BCUT2D eigenvalue weighted by atomic mass is 10.0. The minimum absolute atomic E-state index is 1.09. The van der Waals surface area contributed by atoms with Crippen LogP contribution in [-0.2, 0) is 6.42 Å². The molecular weight excluding hydrogens is 643 g/mol. The molecule has 0 unspecified atom stereocenters. The summed E-state index contributed by atoms with van der Waals surface area (Å²) in [6.45, 7) is 4.00. The monoisotopic (exact) mass is 685 g/mol. The third-order valence-electron chi connectivity index (χ3n) is 9.85. The predicted octanol–water partition coefficient (Wildman–Crippen LogP) is 14.2. The first kappa shape index (κ1) is 33.6. The number of para-hydroxylation sites is 4. The van der Waals surface area contributed by atoms with E-state index in [4.69, 9.17) is 0 Å². The largest absolute Gasteiger partial charge is 0.311 e. The van der Waals surface area contributed by atoms with Gasteiger partial charge in [0.1, 0.15) is 0 Å². The van der Waals surface area contributed by atoms with Gasteiger partial charge in [-0.3, -0.25) is 0 Å². The maximum atomic E-state index is 2.41. The van der Waals surface area contributed by atoms with Crippen LogP contribution < -0.4 is 9.80 Å². The van der Waals surface area contributed by atoms with E-state index in [2.05, 4.69) is 215 Å². The Bertz CT molecular complexity index is 2390. The minimum Gasteiger partial charge on any atom is -0.311 e. The molecule has 0 atom stereocenters. The maximum Gasteiger partial charge on any atom is 0.0537 e. The summed E-state index contributed by atoms with van der Waals surface area (Å²) in [5.41, 5.74) is 14.3. The highest BCUT2D eigenvalue weighted by atomic mass is 15.2. The van der Waals surface area contributed by atoms with Crippen molar-refractivity contribution in [1.29, 1.82) is 0 Å². The first-order valence-electron chi connectivity index (χ1n) is 18.7. The quantitative estimate of drug-likeness (QED) is 0.158. The average molecular weight is 686 g/mol. The molecule has 1 aliphatic carbocycles. The number of benzene rings is 7. The summed E-state index contributed by atoms with van der Waals surface area (Å²) in [6.07, 6.45) is 6.78. The molecule has 8 aromatic rings. The minimum atomic E-state index is 1.09. The molecule has 0 saturated heterocycles. The van der Waals surface area contributed by atoms with Crippen molar-refractivity contribution in [2.75, 3.05) is 9.80 Å². The van der Waals surface area contributed by atoms with E-state index in [1.54, 1.807) is 0 Å². The highest BCUT2D eigenvalue weighted by Gasteiger charge is 2.19. The van der Waals surface area contributed by atoms with Gasteiger partial charge in [-0.2, -0.15) is 0 Å². The molecule has 53 heavy (non-hydrogen) atoms. The van der Waals surface area contributed by atoms with Crippen LogP contribution in [0.25, 0.3) is 33.8 Å². The fourth-order valence-corrected chi connectivity index (χ4v) is 7.45. The summed E-state index contributed by atoms with van der Waals surface area (Å²) in [5.74, 6) is 0. The van der Waals surface area contributed by atoms with Gasteiger partial charge in [0.2, 0.25) is 0 Å². The van der Waals surface area contributed by atoms with Gasteiger partial charge in [0.05, 0.1) is 5.52 Å². The number of aryl methyl sites for hydroxylation is 1. The molecule has 1 heterocycles. The Morgan fingerprint density at radius 1 is 0.415 bits per heavy atom. The maximum absolute atomic E-state index is 2.41. The Morgan fingerprint density at radius 2 is 0.811 bits per heavy atom. The van der Waals surface area contributed by atoms with Crippen molar-refractivity contribution in [3.8, 4) is 16.8 Å². The molecule has 1 aliphatic rings. The second kappa shape index (κ2) is 15.3. The van der Waals surface area contributed by atoms with E-state index in [0.717, 1.165) is 47.0 Å². The smallest absolute Gasteiger partial charge is 0.0537 e. The molecule has 3 nitrogen and oxygen atoms in total. The summed E-state index contributed by atoms with van der Waals surface area (Å²) >= 11 is 0. The first-order chi connectivity index (χ1) is 26.3. The van der Waals surface area contributed by atoms with Crippen LogP contribution in [0.2, 0.25) is 0 Å². The number of fused-ring (bicyclic) bond motifs is 3. The molecule has 9 rings (SSSR count). The van der Waals surface area contributed by atoms with Gasteiger partial charge in [0, 0.05) is 50.9 Å². The van der Waals surface area contributed by atoms with Crippen LogP contribution in [-0.4, -0.2) is 4.57 Å². The van der Waals surface area contributed by atoms with Crippen LogP contribution >= 0.6 is 0 Å². The summed E-state index contributed by atoms with van der Waals surface area (Å²) in [7, 11) is 0. The van der Waals surface area contributed by atoms with E-state index in [1.807, 2.05) is 13.8 Å². The second-order valence-electron chi connectivity index (χ2n) is 12.9. The van der Waals surface area contributed by atoms with Crippen molar-refractivity contribution < 1.29 is 0 Å². The van der Waals surface area contributed by atoms with Crippen molar-refractivity contribution in [3.63, 3.8) is 0 Å². The van der Waals surface area contributed by atoms with Crippen molar-refractivity contribution in [2.45, 2.75) is 26.7 Å². The topological polar surface area (TPSA) is 11.4 Å². The van der Waals surface area contributed by atoms with Gasteiger partial charge in [-0.1, -0.05) is 117 Å². The van der Waals surface area contributed by atoms with Gasteiger partial charge in [-0.15, -0.1) is 0 Å². The van der Waals surface area contributed by atoms with Crippen LogP contribution in [0.3, 0.4) is 0 Å². The lowest BCUT2D eigenvalue weighted by molar-refractivity contribution is 0.967. The van der Waals surface area contributed by atoms with Gasteiger partial charge in [0.25, 0.3) is 0 Å². The molecule has 0 bridgehead atoms. The Morgan fingerprint density at radius 3 is 1.30 bits per heavy atom. The number of aromatic nitrogens is 1. The summed E-state index contributed by atoms with van der Waals surface area (Å²) in [6, 6.07) is 67.2. The van der Waals surface area contributed by atoms with Crippen LogP contribution in [0.5, 0.6) is 0 Å². The van der Waals surface area contributed by atoms with E-state index >= 15 is 0 Å². The third kappa shape index (κ3) is 6.66. The number of rotatable bonds is 8. The van der Waals surface area contributed by atoms with Gasteiger partial charge >= 0.3 is 0 Å². The van der Waals surface area contributed by atoms with Crippen molar-refractivity contribution in [1.82, 2.24) is 4.57 Å². The molecule has 0 amide bonds. The normalized spacial score (nSPS) is 11.7. The Kier molecular flexibility index (Phi) is 9.72. The molecule has 0 saturated carbocycles. The van der Waals surface area contributed by atoms with Gasteiger partial charge in [-0.25, -0.2) is 0 Å². The van der Waals surface area contributed by atoms with Gasteiger partial charge in [-0.05, 0) is 127 Å². The number of nitrogens with zero attached hydrogens (tertiary/aromatic N) is 3. The van der Waals surface area contributed by atoms with E-state index in [1.165, 1.54) is 39.0 Å². The average Bonchev–Trinajstić information content (AvgIpc) is 3.58. The van der Waals surface area contributed by atoms with Crippen molar-refractivity contribution in [2.24, 2.45) is 0 Å². The number of allylic oxidation sites excluding steroid dienone is 1. The fraction of sp³-hybridized carbons (Fsp3) is 0.0800. The predicted molar refractivity (Wildman–Crippen MR) is 227 cm³/mol. The lowest BCUT2D eigenvalue weighted by Crippen LogP contribution is -2.12. The molecule has 7 aromatic carbocycles. The van der Waals surface area contributed by atoms with E-state index in [9.17, 15) is 0 Å². The zero-order valence-corrected chi connectivity index (χ0v) is 30.3. The molecule has 0 aliphatic heterocycles. The SMILES string of the molecule is C1=Cc2c(c3ccccc3n2-c2ccc(-c3ccc(N(c4ccccc4)c4ccc(N(c5ccccc5)c5ccccc5)cc4)cc3)cc2)CC1.CC. The molecule has 1 aromatic heterocycles. The Hall–Kier alpha value is -6.58. The molecule has 0 fully saturated rings. The highest BCUT2D eigenvalue weighted by Crippen LogP contribution is 2.40. The molecule has 0 N–H and O–H groups in total.